The normalized spacial score (nSPS) is 11.4. The first-order valence-corrected chi connectivity index (χ1v) is 15.7. The summed E-state index contributed by atoms with van der Waals surface area (Å²) in [5, 5.41) is 1.96. The molecule has 0 saturated carbocycles. The van der Waals surface area contributed by atoms with E-state index in [0.717, 1.165) is 61.2 Å². The zero-order valence-corrected chi connectivity index (χ0v) is 25.4. The maximum Gasteiger partial charge on any atom is 0.227 e. The summed E-state index contributed by atoms with van der Waals surface area (Å²) in [5.74, 6) is 0.600. The van der Waals surface area contributed by atoms with E-state index in [-0.39, 0.29) is 0 Å². The fourth-order valence-corrected chi connectivity index (χ4v) is 6.42. The molecule has 0 aliphatic rings. The molecular weight excluding hydrogens is 576 g/mol. The molecule has 0 spiro atoms. The lowest BCUT2D eigenvalue weighted by Gasteiger charge is -2.26. The van der Waals surface area contributed by atoms with E-state index in [0.29, 0.717) is 5.89 Å². The number of hydrogen-bond acceptors (Lipinski definition) is 4. The van der Waals surface area contributed by atoms with Crippen LogP contribution in [-0.4, -0.2) is 4.98 Å². The Balaban J connectivity index is 1.19. The molecule has 9 aromatic rings. The smallest absolute Gasteiger partial charge is 0.227 e. The first-order chi connectivity index (χ1) is 23.3. The Morgan fingerprint density at radius 3 is 1.68 bits per heavy atom. The van der Waals surface area contributed by atoms with Crippen molar-refractivity contribution in [3.63, 3.8) is 0 Å². The van der Waals surface area contributed by atoms with E-state index in [9.17, 15) is 0 Å². The first kappa shape index (κ1) is 27.0. The molecular formula is C43H28N2O2. The van der Waals surface area contributed by atoms with Crippen LogP contribution in [0.25, 0.3) is 66.7 Å². The van der Waals surface area contributed by atoms with Crippen LogP contribution in [0.15, 0.2) is 179 Å². The molecule has 7 aromatic carbocycles. The van der Waals surface area contributed by atoms with Crippen LogP contribution in [0.4, 0.5) is 17.1 Å². The van der Waals surface area contributed by atoms with E-state index in [1.165, 1.54) is 16.7 Å². The van der Waals surface area contributed by atoms with Crippen LogP contribution >= 0.6 is 0 Å². The number of oxazole rings is 1. The highest BCUT2D eigenvalue weighted by Gasteiger charge is 2.19. The molecule has 0 N–H and O–H groups in total. The number of hydrogen-bond donors (Lipinski definition) is 0. The lowest BCUT2D eigenvalue weighted by molar-refractivity contribution is 0.619. The average Bonchev–Trinajstić information content (AvgIpc) is 3.75. The fraction of sp³-hybridized carbons (Fsp3) is 0. The Morgan fingerprint density at radius 1 is 0.383 bits per heavy atom. The lowest BCUT2D eigenvalue weighted by Crippen LogP contribution is -2.10. The van der Waals surface area contributed by atoms with Gasteiger partial charge in [-0.1, -0.05) is 103 Å². The summed E-state index contributed by atoms with van der Waals surface area (Å²) in [6.45, 7) is 0. The van der Waals surface area contributed by atoms with E-state index >= 15 is 0 Å². The predicted octanol–water partition coefficient (Wildman–Crippen LogP) is 12.2. The van der Waals surface area contributed by atoms with Crippen molar-refractivity contribution in [3.8, 4) is 33.7 Å². The van der Waals surface area contributed by atoms with Gasteiger partial charge < -0.3 is 13.7 Å². The molecule has 0 saturated heterocycles. The number of benzene rings is 7. The van der Waals surface area contributed by atoms with Crippen molar-refractivity contribution in [2.24, 2.45) is 0 Å². The number of rotatable bonds is 6. The third-order valence-electron chi connectivity index (χ3n) is 8.70. The number of aromatic nitrogens is 1. The molecule has 0 unspecified atom stereocenters. The average molecular weight is 605 g/mol. The van der Waals surface area contributed by atoms with Gasteiger partial charge in [0.05, 0.1) is 5.39 Å². The molecule has 0 amide bonds. The third kappa shape index (κ3) is 4.84. The van der Waals surface area contributed by atoms with Gasteiger partial charge in [0.25, 0.3) is 0 Å². The highest BCUT2D eigenvalue weighted by atomic mass is 16.4. The number of nitrogens with zero attached hydrogens (tertiary/aromatic N) is 2. The monoisotopic (exact) mass is 604 g/mol. The van der Waals surface area contributed by atoms with E-state index in [1.54, 1.807) is 0 Å². The van der Waals surface area contributed by atoms with Crippen molar-refractivity contribution in [2.45, 2.75) is 0 Å². The second kappa shape index (κ2) is 11.2. The highest BCUT2D eigenvalue weighted by Crippen LogP contribution is 2.42. The fourth-order valence-electron chi connectivity index (χ4n) is 6.42. The summed E-state index contributed by atoms with van der Waals surface area (Å²) in [7, 11) is 0. The second-order valence-electron chi connectivity index (χ2n) is 11.6. The molecule has 0 aliphatic heterocycles. The summed E-state index contributed by atoms with van der Waals surface area (Å²) < 4.78 is 12.7. The van der Waals surface area contributed by atoms with Crippen LogP contribution in [0.2, 0.25) is 0 Å². The van der Waals surface area contributed by atoms with Gasteiger partial charge in [-0.15, -0.1) is 0 Å². The van der Waals surface area contributed by atoms with Crippen LogP contribution in [0.1, 0.15) is 0 Å². The topological polar surface area (TPSA) is 42.4 Å². The molecule has 2 aromatic heterocycles. The van der Waals surface area contributed by atoms with Crippen LogP contribution in [0.5, 0.6) is 0 Å². The minimum atomic E-state index is 0.600. The van der Waals surface area contributed by atoms with Gasteiger partial charge in [-0.05, 0) is 82.9 Å². The van der Waals surface area contributed by atoms with Crippen molar-refractivity contribution < 1.29 is 8.83 Å². The summed E-state index contributed by atoms with van der Waals surface area (Å²) in [6, 6.07) is 58.7. The van der Waals surface area contributed by atoms with E-state index < -0.39 is 0 Å². The third-order valence-corrected chi connectivity index (χ3v) is 8.70. The van der Waals surface area contributed by atoms with Crippen LogP contribution in [0, 0.1) is 0 Å². The number of furan rings is 1. The Bertz CT molecular complexity index is 2500. The van der Waals surface area contributed by atoms with Gasteiger partial charge >= 0.3 is 0 Å². The van der Waals surface area contributed by atoms with Gasteiger partial charge in [0.2, 0.25) is 5.89 Å². The summed E-state index contributed by atoms with van der Waals surface area (Å²) in [5.41, 5.74) is 11.8. The molecule has 9 rings (SSSR count). The van der Waals surface area contributed by atoms with Gasteiger partial charge in [-0.3, -0.25) is 0 Å². The van der Waals surface area contributed by atoms with Crippen molar-refractivity contribution in [1.82, 2.24) is 4.98 Å². The molecule has 0 aliphatic carbocycles. The van der Waals surface area contributed by atoms with Gasteiger partial charge in [0.1, 0.15) is 16.7 Å². The molecule has 2 heterocycles. The van der Waals surface area contributed by atoms with Crippen LogP contribution < -0.4 is 4.90 Å². The molecule has 222 valence electrons. The zero-order valence-electron chi connectivity index (χ0n) is 25.4. The van der Waals surface area contributed by atoms with E-state index in [2.05, 4.69) is 120 Å². The molecule has 0 atom stereocenters. The SMILES string of the molecule is c1ccc(-c2ccc(N(c3cccc(-c4ccccc4)c3)c3ccc4c(c3)oc3ccc5oc(-c6ccccc6)nc5c34)cc2)cc1. The molecule has 47 heavy (non-hydrogen) atoms. The van der Waals surface area contributed by atoms with Crippen molar-refractivity contribution in [3.05, 3.63) is 170 Å². The van der Waals surface area contributed by atoms with Gasteiger partial charge in [-0.25, -0.2) is 4.98 Å². The quantitative estimate of drug-likeness (QED) is 0.189. The molecule has 4 heteroatoms. The minimum Gasteiger partial charge on any atom is -0.456 e. The van der Waals surface area contributed by atoms with Gasteiger partial charge in [0.15, 0.2) is 5.58 Å². The molecule has 4 nitrogen and oxygen atoms in total. The standard InChI is InChI=1S/C43H28N2O2/c1-4-11-29(12-5-1)31-19-21-34(22-20-31)45(35-18-10-17-33(27-35)30-13-6-2-7-14-30)36-23-24-37-40(28-36)46-38-25-26-39-42(41(37)38)44-43(47-39)32-15-8-3-9-16-32/h1-28H. The van der Waals surface area contributed by atoms with E-state index in [1.807, 2.05) is 54.6 Å². The van der Waals surface area contributed by atoms with Crippen LogP contribution in [-0.2, 0) is 0 Å². The predicted molar refractivity (Wildman–Crippen MR) is 192 cm³/mol. The molecule has 0 fully saturated rings. The van der Waals surface area contributed by atoms with Gasteiger partial charge in [-0.2, -0.15) is 0 Å². The zero-order chi connectivity index (χ0) is 31.2. The summed E-state index contributed by atoms with van der Waals surface area (Å²) in [4.78, 5) is 7.21. The molecule has 0 bridgehead atoms. The largest absolute Gasteiger partial charge is 0.456 e. The first-order valence-electron chi connectivity index (χ1n) is 15.7. The number of anilines is 3. The lowest BCUT2D eigenvalue weighted by atomic mass is 10.0. The Labute approximate surface area is 271 Å². The minimum absolute atomic E-state index is 0.600. The van der Waals surface area contributed by atoms with Crippen molar-refractivity contribution >= 4 is 50.1 Å². The Kier molecular flexibility index (Phi) is 6.43. The number of fused-ring (bicyclic) bond motifs is 5. The Hall–Kier alpha value is -6.39. The maximum atomic E-state index is 6.50. The van der Waals surface area contributed by atoms with E-state index in [4.69, 9.17) is 13.8 Å². The Morgan fingerprint density at radius 2 is 0.957 bits per heavy atom. The van der Waals surface area contributed by atoms with Crippen molar-refractivity contribution in [1.29, 1.82) is 0 Å². The maximum absolute atomic E-state index is 6.50. The van der Waals surface area contributed by atoms with Crippen molar-refractivity contribution in [2.75, 3.05) is 4.90 Å². The van der Waals surface area contributed by atoms with Crippen LogP contribution in [0.3, 0.4) is 0 Å². The highest BCUT2D eigenvalue weighted by molar-refractivity contribution is 6.17. The summed E-state index contributed by atoms with van der Waals surface area (Å²) >= 11 is 0. The molecule has 0 radical (unpaired) electrons. The van der Waals surface area contributed by atoms with Gasteiger partial charge in [0, 0.05) is 34.1 Å². The summed E-state index contributed by atoms with van der Waals surface area (Å²) in [6.07, 6.45) is 0. The second-order valence-corrected chi connectivity index (χ2v) is 11.6.